The molecule has 1 heterocycles. The lowest BCUT2D eigenvalue weighted by Gasteiger charge is -2.09. The molecule has 7 heteroatoms. The first-order valence-corrected chi connectivity index (χ1v) is 10.1. The molecule has 1 amide bonds. The molecule has 29 heavy (non-hydrogen) atoms. The summed E-state index contributed by atoms with van der Waals surface area (Å²) in [5.41, 5.74) is 4.30. The van der Waals surface area contributed by atoms with Gasteiger partial charge in [-0.1, -0.05) is 48.0 Å². The zero-order valence-corrected chi connectivity index (χ0v) is 17.6. The quantitative estimate of drug-likeness (QED) is 0.520. The highest BCUT2D eigenvalue weighted by Gasteiger charge is 2.11. The smallest absolute Gasteiger partial charge is 0.222 e. The molecule has 0 aliphatic heterocycles. The van der Waals surface area contributed by atoms with Crippen molar-refractivity contribution in [1.82, 2.24) is 20.1 Å². The predicted molar refractivity (Wildman–Crippen MR) is 116 cm³/mol. The number of rotatable bonds is 9. The van der Waals surface area contributed by atoms with Crippen LogP contribution in [0.25, 0.3) is 11.4 Å². The molecule has 1 aromatic heterocycles. The highest BCUT2D eigenvalue weighted by Crippen LogP contribution is 2.18. The highest BCUT2D eigenvalue weighted by atomic mass is 32.1. The fourth-order valence-electron chi connectivity index (χ4n) is 3.01. The van der Waals surface area contributed by atoms with Crippen LogP contribution in [0.5, 0.6) is 0 Å². The maximum Gasteiger partial charge on any atom is 0.222 e. The maximum atomic E-state index is 12.3. The Morgan fingerprint density at radius 1 is 1.21 bits per heavy atom. The molecule has 0 aliphatic carbocycles. The summed E-state index contributed by atoms with van der Waals surface area (Å²) in [6.07, 6.45) is 0.328. The van der Waals surface area contributed by atoms with Gasteiger partial charge in [0, 0.05) is 31.7 Å². The van der Waals surface area contributed by atoms with E-state index in [0.29, 0.717) is 37.5 Å². The number of nitrogens with one attached hydrogen (secondary N) is 2. The molecular formula is C22H26N4O2S. The molecule has 152 valence electrons. The summed E-state index contributed by atoms with van der Waals surface area (Å²) in [5.74, 6) is 0.720. The zero-order chi connectivity index (χ0) is 20.6. The Bertz CT molecular complexity index is 1010. The Morgan fingerprint density at radius 3 is 2.69 bits per heavy atom. The van der Waals surface area contributed by atoms with Crippen molar-refractivity contribution in [2.75, 3.05) is 6.61 Å². The van der Waals surface area contributed by atoms with Crippen molar-refractivity contribution < 1.29 is 9.53 Å². The van der Waals surface area contributed by atoms with Gasteiger partial charge in [-0.25, -0.2) is 0 Å². The summed E-state index contributed by atoms with van der Waals surface area (Å²) >= 11 is 5.34. The summed E-state index contributed by atoms with van der Waals surface area (Å²) in [7, 11) is 0. The number of aromatic amines is 1. The van der Waals surface area contributed by atoms with Crippen LogP contribution in [-0.2, 0) is 29.2 Å². The van der Waals surface area contributed by atoms with Gasteiger partial charge in [-0.15, -0.1) is 0 Å². The summed E-state index contributed by atoms with van der Waals surface area (Å²) in [5, 5.41) is 10.1. The van der Waals surface area contributed by atoms with E-state index in [1.807, 2.05) is 60.9 Å². The van der Waals surface area contributed by atoms with Crippen LogP contribution in [0.3, 0.4) is 0 Å². The molecule has 0 atom stereocenters. The van der Waals surface area contributed by atoms with E-state index >= 15 is 0 Å². The Labute approximate surface area is 175 Å². The minimum Gasteiger partial charge on any atom is -0.377 e. The van der Waals surface area contributed by atoms with Crippen molar-refractivity contribution in [3.05, 3.63) is 70.0 Å². The van der Waals surface area contributed by atoms with Crippen molar-refractivity contribution in [2.45, 2.75) is 40.0 Å². The van der Waals surface area contributed by atoms with Gasteiger partial charge in [-0.2, -0.15) is 5.10 Å². The van der Waals surface area contributed by atoms with Crippen LogP contribution in [0.2, 0.25) is 0 Å². The maximum absolute atomic E-state index is 12.3. The van der Waals surface area contributed by atoms with Crippen LogP contribution < -0.4 is 5.32 Å². The van der Waals surface area contributed by atoms with Crippen LogP contribution in [-0.4, -0.2) is 27.3 Å². The second-order valence-corrected chi connectivity index (χ2v) is 7.24. The number of H-pyrrole nitrogens is 1. The van der Waals surface area contributed by atoms with Gasteiger partial charge in [0.1, 0.15) is 0 Å². The molecule has 3 rings (SSSR count). The topological polar surface area (TPSA) is 71.9 Å². The molecule has 6 nitrogen and oxygen atoms in total. The average Bonchev–Trinajstić information content (AvgIpc) is 3.10. The van der Waals surface area contributed by atoms with Crippen LogP contribution in [0.15, 0.2) is 48.5 Å². The molecule has 3 aromatic rings. The lowest BCUT2D eigenvalue weighted by atomic mass is 10.1. The van der Waals surface area contributed by atoms with Gasteiger partial charge >= 0.3 is 0 Å². The molecule has 0 saturated carbocycles. The predicted octanol–water partition coefficient (Wildman–Crippen LogP) is 4.16. The summed E-state index contributed by atoms with van der Waals surface area (Å²) < 4.78 is 7.77. The SMILES string of the molecule is CCOCc1ccc(CNC(=O)CCn2c(-c3cccc(C)c3)n[nH]c2=S)cc1. The Hall–Kier alpha value is -2.77. The van der Waals surface area contributed by atoms with E-state index in [-0.39, 0.29) is 5.91 Å². The van der Waals surface area contributed by atoms with Crippen molar-refractivity contribution in [3.8, 4) is 11.4 Å². The Balaban J connectivity index is 1.55. The van der Waals surface area contributed by atoms with E-state index in [2.05, 4.69) is 21.6 Å². The monoisotopic (exact) mass is 410 g/mol. The zero-order valence-electron chi connectivity index (χ0n) is 16.8. The van der Waals surface area contributed by atoms with Crippen LogP contribution in [0, 0.1) is 11.7 Å². The molecule has 0 aliphatic rings. The highest BCUT2D eigenvalue weighted by molar-refractivity contribution is 7.71. The molecular weight excluding hydrogens is 384 g/mol. The second-order valence-electron chi connectivity index (χ2n) is 6.85. The standard InChI is InChI=1S/C22H26N4O2S/c1-3-28-15-18-9-7-17(8-10-18)14-23-20(27)11-12-26-21(24-25-22(26)29)19-6-4-5-16(2)13-19/h4-10,13H,3,11-12,14-15H2,1-2H3,(H,23,27)(H,25,29). The van der Waals surface area contributed by atoms with Crippen LogP contribution in [0.4, 0.5) is 0 Å². The Kier molecular flexibility index (Phi) is 7.32. The minimum absolute atomic E-state index is 0.0262. The number of aryl methyl sites for hydroxylation is 1. The molecule has 0 bridgehead atoms. The van der Waals surface area contributed by atoms with E-state index in [1.54, 1.807) is 0 Å². The third-order valence-electron chi connectivity index (χ3n) is 4.58. The van der Waals surface area contributed by atoms with Crippen LogP contribution in [0.1, 0.15) is 30.0 Å². The third kappa shape index (κ3) is 5.85. The number of nitrogens with zero attached hydrogens (tertiary/aromatic N) is 2. The van der Waals surface area contributed by atoms with Crippen molar-refractivity contribution in [3.63, 3.8) is 0 Å². The van der Waals surface area contributed by atoms with Crippen LogP contribution >= 0.6 is 12.2 Å². The van der Waals surface area contributed by atoms with E-state index in [4.69, 9.17) is 17.0 Å². The molecule has 0 unspecified atom stereocenters. The molecule has 0 fully saturated rings. The van der Waals surface area contributed by atoms with E-state index in [1.165, 1.54) is 0 Å². The molecule has 0 radical (unpaired) electrons. The Morgan fingerprint density at radius 2 is 1.97 bits per heavy atom. The average molecular weight is 411 g/mol. The van der Waals surface area contributed by atoms with Gasteiger partial charge < -0.3 is 10.1 Å². The van der Waals surface area contributed by atoms with Gasteiger partial charge in [-0.3, -0.25) is 14.5 Å². The number of benzene rings is 2. The van der Waals surface area contributed by atoms with Crippen molar-refractivity contribution in [2.24, 2.45) is 0 Å². The van der Waals surface area contributed by atoms with E-state index in [9.17, 15) is 4.79 Å². The number of amides is 1. The number of ether oxygens (including phenoxy) is 1. The van der Waals surface area contributed by atoms with Crippen molar-refractivity contribution >= 4 is 18.1 Å². The van der Waals surface area contributed by atoms with Gasteiger partial charge in [0.05, 0.1) is 6.61 Å². The lowest BCUT2D eigenvalue weighted by Crippen LogP contribution is -2.24. The fourth-order valence-corrected chi connectivity index (χ4v) is 3.23. The number of carbonyl (C=O) groups is 1. The fraction of sp³-hybridized carbons (Fsp3) is 0.318. The van der Waals surface area contributed by atoms with Gasteiger partial charge in [0.2, 0.25) is 5.91 Å². The number of aromatic nitrogens is 3. The van der Waals surface area contributed by atoms with Gasteiger partial charge in [0.15, 0.2) is 10.6 Å². The first kappa shape index (κ1) is 21.0. The number of hydrogen-bond acceptors (Lipinski definition) is 4. The van der Waals surface area contributed by atoms with E-state index in [0.717, 1.165) is 28.1 Å². The summed E-state index contributed by atoms with van der Waals surface area (Å²) in [4.78, 5) is 12.3. The van der Waals surface area contributed by atoms with Gasteiger partial charge in [0.25, 0.3) is 0 Å². The number of hydrogen-bond donors (Lipinski definition) is 2. The molecule has 2 N–H and O–H groups in total. The molecule has 0 saturated heterocycles. The second kappa shape index (κ2) is 10.1. The third-order valence-corrected chi connectivity index (χ3v) is 4.89. The van der Waals surface area contributed by atoms with Crippen molar-refractivity contribution in [1.29, 1.82) is 0 Å². The summed E-state index contributed by atoms with van der Waals surface area (Å²) in [6.45, 7) is 6.28. The first-order chi connectivity index (χ1) is 14.1. The lowest BCUT2D eigenvalue weighted by molar-refractivity contribution is -0.121. The van der Waals surface area contributed by atoms with Gasteiger partial charge in [-0.05, 0) is 43.3 Å². The first-order valence-electron chi connectivity index (χ1n) is 9.71. The van der Waals surface area contributed by atoms with E-state index < -0.39 is 0 Å². The normalized spacial score (nSPS) is 10.8. The molecule has 2 aromatic carbocycles. The summed E-state index contributed by atoms with van der Waals surface area (Å²) in [6, 6.07) is 16.1. The largest absolute Gasteiger partial charge is 0.377 e. The number of carbonyl (C=O) groups excluding carboxylic acids is 1. The molecule has 0 spiro atoms. The minimum atomic E-state index is -0.0262.